The molecule has 0 aliphatic rings. The standard InChI is InChI=1S/C100H76Cl3N13O4/c1-10-19-60-22-15-18-25-87(60)115(8)100(119)81-52-63-28-46-75-80-55-66(103)31-49-84(80)106-95(75)90(63)96(97(81)120-9)112-109-69-36-42-72(43-37-69)116(70-38-32-67(33-39-70)107-110-91-56(4)76(98(117)113(6)85-23-16-13-20-58(85)11-2)50-61-26-44-73-78-53-64(101)29-47-82(78)104-93(73)88(61)91)71-40-34-68(35-41-71)108-111-92-57(5)77(99(118)114(7)86-24-17-14-21-59(86)12-3)51-62-27-45-74-79-54-65(102)30-48-83(79)105-94(74)89(62)92/h13-18,20-55,104-106H,11-12H2,1-9H3. The van der Waals surface area contributed by atoms with E-state index in [1.54, 1.807) is 28.7 Å². The number of nitrogens with one attached hydrogen (secondary N) is 3. The van der Waals surface area contributed by atoms with Crippen LogP contribution < -0.4 is 24.3 Å². The molecule has 0 saturated heterocycles. The Morgan fingerprint density at radius 1 is 0.383 bits per heavy atom. The number of halogens is 3. The molecule has 0 bridgehead atoms. The molecule has 0 saturated carbocycles. The van der Waals surface area contributed by atoms with Gasteiger partial charge < -0.3 is 39.3 Å². The molecule has 0 aliphatic heterocycles. The number of anilines is 6. The Kier molecular flexibility index (Phi) is 20.3. The number of aromatic nitrogens is 3. The van der Waals surface area contributed by atoms with E-state index in [1.165, 1.54) is 7.11 Å². The van der Waals surface area contributed by atoms with Crippen molar-refractivity contribution in [3.05, 3.63) is 314 Å². The van der Waals surface area contributed by atoms with Gasteiger partial charge in [-0.15, -0.1) is 21.3 Å². The van der Waals surface area contributed by atoms with Crippen LogP contribution >= 0.6 is 34.8 Å². The first-order valence-electron chi connectivity index (χ1n) is 39.3. The summed E-state index contributed by atoms with van der Waals surface area (Å²) < 4.78 is 6.29. The second kappa shape index (κ2) is 31.6. The molecule has 0 atom stereocenters. The van der Waals surface area contributed by atoms with E-state index in [2.05, 4.69) is 57.7 Å². The Balaban J connectivity index is 0.750. The second-order valence-electron chi connectivity index (χ2n) is 29.7. The van der Waals surface area contributed by atoms with Crippen LogP contribution in [0.5, 0.6) is 5.75 Å². The van der Waals surface area contributed by atoms with E-state index in [-0.39, 0.29) is 29.0 Å². The number of rotatable bonds is 18. The summed E-state index contributed by atoms with van der Waals surface area (Å²) in [6.45, 7) is 9.79. The van der Waals surface area contributed by atoms with E-state index in [9.17, 15) is 9.59 Å². The summed E-state index contributed by atoms with van der Waals surface area (Å²) >= 11 is 19.9. The van der Waals surface area contributed by atoms with Crippen molar-refractivity contribution < 1.29 is 19.1 Å². The summed E-state index contributed by atoms with van der Waals surface area (Å²) in [5.74, 6) is 5.66. The number of amides is 3. The van der Waals surface area contributed by atoms with Crippen LogP contribution in [0.3, 0.4) is 0 Å². The maximum atomic E-state index is 15.1. The third kappa shape index (κ3) is 13.7. The number of ether oxygens (including phenoxy) is 1. The maximum absolute atomic E-state index is 15.1. The smallest absolute Gasteiger partial charge is 0.261 e. The van der Waals surface area contributed by atoms with Gasteiger partial charge in [0.05, 0.1) is 63.3 Å². The lowest BCUT2D eigenvalue weighted by molar-refractivity contribution is 0.0983. The van der Waals surface area contributed by atoms with Crippen molar-refractivity contribution >= 4 is 219 Å². The van der Waals surface area contributed by atoms with Crippen LogP contribution in [-0.4, -0.2) is 60.9 Å². The first kappa shape index (κ1) is 77.0. The highest BCUT2D eigenvalue weighted by molar-refractivity contribution is 6.34. The molecule has 20 heteroatoms. The zero-order valence-corrected chi connectivity index (χ0v) is 69.2. The number of fused-ring (bicyclic) bond motifs is 15. The lowest BCUT2D eigenvalue weighted by Crippen LogP contribution is -2.27. The summed E-state index contributed by atoms with van der Waals surface area (Å²) in [6, 6.07) is 81.9. The summed E-state index contributed by atoms with van der Waals surface area (Å²) in [4.78, 5) is 63.0. The van der Waals surface area contributed by atoms with Crippen LogP contribution in [0.4, 0.5) is 68.2 Å². The third-order valence-corrected chi connectivity index (χ3v) is 23.5. The number of azo groups is 3. The Morgan fingerprint density at radius 3 is 1.11 bits per heavy atom. The predicted octanol–water partition coefficient (Wildman–Crippen LogP) is 28.7. The molecule has 15 aromatic carbocycles. The molecule has 0 radical (unpaired) electrons. The van der Waals surface area contributed by atoms with E-state index in [0.717, 1.165) is 145 Å². The molecular weight excluding hydrogens is 1550 g/mol. The summed E-state index contributed by atoms with van der Waals surface area (Å²) in [5, 5.41) is 42.3. The van der Waals surface area contributed by atoms with Crippen LogP contribution in [0.25, 0.3) is 97.7 Å². The molecule has 17 nitrogen and oxygen atoms in total. The third-order valence-electron chi connectivity index (χ3n) is 22.8. The number of hydrogen-bond donors (Lipinski definition) is 3. The van der Waals surface area contributed by atoms with E-state index in [4.69, 9.17) is 70.2 Å². The quantitative estimate of drug-likeness (QED) is 0.0567. The van der Waals surface area contributed by atoms with Gasteiger partial charge in [0.2, 0.25) is 0 Å². The van der Waals surface area contributed by atoms with Gasteiger partial charge in [-0.25, -0.2) is 0 Å². The molecule has 3 amide bonds. The van der Waals surface area contributed by atoms with Crippen molar-refractivity contribution in [1.82, 2.24) is 15.0 Å². The van der Waals surface area contributed by atoms with Gasteiger partial charge in [-0.2, -0.15) is 15.3 Å². The SMILES string of the molecule is CC#Cc1ccccc1N(C)C(=O)c1cc2ccc3c4cc(Cl)ccc4[nH]c3c2c(N=Nc2ccc(N(c3ccc(N=Nc4c(C)c(C(=O)N(C)c5ccccc5CC)cc5ccc6c7cc(Cl)ccc7[nH]c6c45)cc3)c3ccc(N=Nc4c(C)c(C(=O)N(C)c5ccccc5CC)cc5ccc6c7cc(Cl)ccc7[nH]c6c45)cc3)cc2)c1OC. The minimum absolute atomic E-state index is 0.180. The normalized spacial score (nSPS) is 11.8. The van der Waals surface area contributed by atoms with Gasteiger partial charge in [-0.3, -0.25) is 14.4 Å². The maximum Gasteiger partial charge on any atom is 0.261 e. The number of nitrogens with zero attached hydrogens (tertiary/aromatic N) is 10. The van der Waals surface area contributed by atoms with Crippen LogP contribution in [0.15, 0.2) is 285 Å². The van der Waals surface area contributed by atoms with E-state index < -0.39 is 0 Å². The number of aryl methyl sites for hydroxylation is 2. The summed E-state index contributed by atoms with van der Waals surface area (Å²) in [5.41, 5.74) is 18.0. The first-order valence-corrected chi connectivity index (χ1v) is 40.5. The number of carbonyl (C=O) groups excluding carboxylic acids is 3. The molecule has 0 fully saturated rings. The molecule has 0 unspecified atom stereocenters. The van der Waals surface area contributed by atoms with Crippen molar-refractivity contribution in [3.8, 4) is 17.6 Å². The Bertz CT molecular complexity index is 7170. The number of H-pyrrole nitrogens is 3. The highest BCUT2D eigenvalue weighted by Crippen LogP contribution is 2.49. The minimum atomic E-state index is -0.340. The van der Waals surface area contributed by atoms with Crippen molar-refractivity contribution in [2.45, 2.75) is 47.5 Å². The van der Waals surface area contributed by atoms with E-state index in [1.807, 2.05) is 271 Å². The minimum Gasteiger partial charge on any atom is -0.494 e. The molecule has 0 aliphatic carbocycles. The first-order chi connectivity index (χ1) is 58.4. The van der Waals surface area contributed by atoms with Crippen LogP contribution in [-0.2, 0) is 12.8 Å². The lowest BCUT2D eigenvalue weighted by atomic mass is 9.96. The van der Waals surface area contributed by atoms with Gasteiger partial charge in [0.1, 0.15) is 5.69 Å². The Hall–Kier alpha value is -14.3. The van der Waals surface area contributed by atoms with Gasteiger partial charge in [-0.05, 0) is 242 Å². The van der Waals surface area contributed by atoms with Crippen molar-refractivity contribution in [3.63, 3.8) is 0 Å². The van der Waals surface area contributed by atoms with Crippen LogP contribution in [0.1, 0.15) is 79.7 Å². The van der Waals surface area contributed by atoms with Crippen LogP contribution in [0, 0.1) is 25.7 Å². The molecule has 0 spiro atoms. The molecule has 3 heterocycles. The Labute approximate surface area is 705 Å². The monoisotopic (exact) mass is 1630 g/mol. The number of aromatic amines is 3. The number of benzene rings is 15. The topological polar surface area (TPSA) is 195 Å². The number of carbonyl (C=O) groups is 3. The molecule has 18 rings (SSSR count). The highest BCUT2D eigenvalue weighted by atomic mass is 35.5. The number of methoxy groups -OCH3 is 1. The fraction of sp³-hybridized carbons (Fsp3) is 0.110. The lowest BCUT2D eigenvalue weighted by Gasteiger charge is -2.25. The van der Waals surface area contributed by atoms with Crippen molar-refractivity contribution in [2.24, 2.45) is 30.7 Å². The Morgan fingerprint density at radius 2 is 0.725 bits per heavy atom. The number of para-hydroxylation sites is 3. The average molecular weight is 1630 g/mol. The molecule has 18 aromatic rings. The van der Waals surface area contributed by atoms with Crippen molar-refractivity contribution in [1.29, 1.82) is 0 Å². The fourth-order valence-electron chi connectivity index (χ4n) is 16.7. The van der Waals surface area contributed by atoms with Gasteiger partial charge in [0, 0.05) is 146 Å². The molecule has 586 valence electrons. The zero-order valence-electron chi connectivity index (χ0n) is 66.9. The van der Waals surface area contributed by atoms with Gasteiger partial charge in [-0.1, -0.05) is 139 Å². The molecular formula is C100H76Cl3N13O4. The summed E-state index contributed by atoms with van der Waals surface area (Å²) in [7, 11) is 6.88. The predicted molar refractivity (Wildman–Crippen MR) is 493 cm³/mol. The number of hydrogen-bond acceptors (Lipinski definition) is 11. The van der Waals surface area contributed by atoms with Gasteiger partial charge >= 0.3 is 0 Å². The van der Waals surface area contributed by atoms with Gasteiger partial charge in [0.15, 0.2) is 5.75 Å². The zero-order chi connectivity index (χ0) is 82.9. The highest BCUT2D eigenvalue weighted by Gasteiger charge is 2.30. The van der Waals surface area contributed by atoms with Gasteiger partial charge in [0.25, 0.3) is 17.7 Å². The second-order valence-corrected chi connectivity index (χ2v) is 31.0. The van der Waals surface area contributed by atoms with Crippen molar-refractivity contribution in [2.75, 3.05) is 47.9 Å². The summed E-state index contributed by atoms with van der Waals surface area (Å²) in [6.07, 6.45) is 1.50. The largest absolute Gasteiger partial charge is 0.494 e. The van der Waals surface area contributed by atoms with E-state index in [0.29, 0.717) is 88.1 Å². The van der Waals surface area contributed by atoms with Crippen LogP contribution in [0.2, 0.25) is 15.1 Å². The molecule has 3 aromatic heterocycles. The fourth-order valence-corrected chi connectivity index (χ4v) is 17.2. The molecule has 3 N–H and O–H groups in total. The molecule has 120 heavy (non-hydrogen) atoms. The average Bonchev–Trinajstić information content (AvgIpc) is 1.62. The van der Waals surface area contributed by atoms with E-state index >= 15 is 4.79 Å².